The van der Waals surface area contributed by atoms with Crippen molar-refractivity contribution in [2.45, 2.75) is 25.0 Å². The van der Waals surface area contributed by atoms with Gasteiger partial charge >= 0.3 is 12.1 Å². The molecule has 2 fully saturated rings. The number of rotatable bonds is 3. The SMILES string of the molecule is CN(C)C(=O)OC1CN(C(=O)Nc2nnc(C3CCCO3)s2)C1. The molecular formula is C13H19N5O4S. The van der Waals surface area contributed by atoms with E-state index in [0.29, 0.717) is 18.2 Å². The van der Waals surface area contributed by atoms with Crippen molar-refractivity contribution >= 4 is 28.6 Å². The van der Waals surface area contributed by atoms with E-state index in [2.05, 4.69) is 15.5 Å². The number of likely N-dealkylation sites (tertiary alicyclic amines) is 1. The third-order valence-electron chi connectivity index (χ3n) is 3.63. The average Bonchev–Trinajstić information content (AvgIpc) is 3.12. The Morgan fingerprint density at radius 2 is 2.17 bits per heavy atom. The largest absolute Gasteiger partial charge is 0.442 e. The van der Waals surface area contributed by atoms with Gasteiger partial charge in [0.15, 0.2) is 0 Å². The second kappa shape index (κ2) is 6.67. The molecule has 0 bridgehead atoms. The van der Waals surface area contributed by atoms with Crippen molar-refractivity contribution in [2.75, 3.05) is 39.1 Å². The van der Waals surface area contributed by atoms with E-state index >= 15 is 0 Å². The van der Waals surface area contributed by atoms with Crippen molar-refractivity contribution in [1.82, 2.24) is 20.0 Å². The number of carbonyl (C=O) groups excluding carboxylic acids is 2. The smallest absolute Gasteiger partial charge is 0.409 e. The monoisotopic (exact) mass is 341 g/mol. The third kappa shape index (κ3) is 3.70. The van der Waals surface area contributed by atoms with Crippen LogP contribution in [0.1, 0.15) is 24.0 Å². The summed E-state index contributed by atoms with van der Waals surface area (Å²) in [5, 5.41) is 12.0. The van der Waals surface area contributed by atoms with Gasteiger partial charge in [-0.05, 0) is 12.8 Å². The van der Waals surface area contributed by atoms with E-state index in [0.717, 1.165) is 24.5 Å². The molecule has 3 heterocycles. The van der Waals surface area contributed by atoms with Gasteiger partial charge in [-0.3, -0.25) is 5.32 Å². The summed E-state index contributed by atoms with van der Waals surface area (Å²) >= 11 is 1.33. The standard InChI is InChI=1S/C13H19N5O4S/c1-17(2)13(20)22-8-6-18(7-8)12(19)14-11-16-15-10(23-11)9-4-3-5-21-9/h8-9H,3-7H2,1-2H3,(H,14,16,19). The van der Waals surface area contributed by atoms with Gasteiger partial charge in [-0.25, -0.2) is 9.59 Å². The minimum Gasteiger partial charge on any atom is -0.442 e. The van der Waals surface area contributed by atoms with Gasteiger partial charge in [-0.2, -0.15) is 0 Å². The molecular weight excluding hydrogens is 322 g/mol. The van der Waals surface area contributed by atoms with Crippen LogP contribution in [0.15, 0.2) is 0 Å². The van der Waals surface area contributed by atoms with Crippen LogP contribution in [0.4, 0.5) is 14.7 Å². The maximum Gasteiger partial charge on any atom is 0.409 e. The molecule has 0 aliphatic carbocycles. The number of urea groups is 1. The summed E-state index contributed by atoms with van der Waals surface area (Å²) < 4.78 is 10.7. The predicted molar refractivity (Wildman–Crippen MR) is 82.4 cm³/mol. The van der Waals surface area contributed by atoms with Gasteiger partial charge in [-0.15, -0.1) is 10.2 Å². The highest BCUT2D eigenvalue weighted by atomic mass is 32.1. The molecule has 0 radical (unpaired) electrons. The van der Waals surface area contributed by atoms with Crippen LogP contribution in [0.3, 0.4) is 0 Å². The molecule has 9 nitrogen and oxygen atoms in total. The highest BCUT2D eigenvalue weighted by Crippen LogP contribution is 2.32. The van der Waals surface area contributed by atoms with Crippen LogP contribution in [0.2, 0.25) is 0 Å². The zero-order valence-corrected chi connectivity index (χ0v) is 13.8. The second-order valence-corrected chi connectivity index (χ2v) is 6.69. The van der Waals surface area contributed by atoms with Gasteiger partial charge in [0.1, 0.15) is 17.2 Å². The third-order valence-corrected chi connectivity index (χ3v) is 4.56. The zero-order valence-electron chi connectivity index (χ0n) is 13.0. The summed E-state index contributed by atoms with van der Waals surface area (Å²) in [5.41, 5.74) is 0. The molecule has 10 heteroatoms. The predicted octanol–water partition coefficient (Wildman–Crippen LogP) is 1.30. The summed E-state index contributed by atoms with van der Waals surface area (Å²) in [6, 6.07) is -0.266. The number of amides is 3. The fourth-order valence-corrected chi connectivity index (χ4v) is 3.10. The highest BCUT2D eigenvalue weighted by Gasteiger charge is 2.34. The summed E-state index contributed by atoms with van der Waals surface area (Å²) in [6.07, 6.45) is 1.30. The maximum atomic E-state index is 12.1. The molecule has 0 spiro atoms. The molecule has 1 N–H and O–H groups in total. The van der Waals surface area contributed by atoms with Crippen molar-refractivity contribution in [2.24, 2.45) is 0 Å². The van der Waals surface area contributed by atoms with Crippen molar-refractivity contribution in [3.63, 3.8) is 0 Å². The van der Waals surface area contributed by atoms with Crippen LogP contribution < -0.4 is 5.32 Å². The molecule has 2 saturated heterocycles. The number of nitrogens with zero attached hydrogens (tertiary/aromatic N) is 4. The first-order valence-corrected chi connectivity index (χ1v) is 8.23. The first kappa shape index (κ1) is 15.9. The molecule has 126 valence electrons. The van der Waals surface area contributed by atoms with Gasteiger partial charge in [0, 0.05) is 20.7 Å². The van der Waals surface area contributed by atoms with E-state index in [-0.39, 0.29) is 18.2 Å². The number of hydrogen-bond acceptors (Lipinski definition) is 7. The minimum absolute atomic E-state index is 0.00279. The van der Waals surface area contributed by atoms with Crippen LogP contribution >= 0.6 is 11.3 Å². The Morgan fingerprint density at radius 3 is 2.83 bits per heavy atom. The Balaban J connectivity index is 1.44. The average molecular weight is 341 g/mol. The normalized spacial score (nSPS) is 21.0. The summed E-state index contributed by atoms with van der Waals surface area (Å²) in [6.45, 7) is 1.50. The van der Waals surface area contributed by atoms with Gasteiger partial charge in [0.2, 0.25) is 5.13 Å². The topological polar surface area (TPSA) is 96.9 Å². The van der Waals surface area contributed by atoms with E-state index < -0.39 is 6.09 Å². The first-order valence-electron chi connectivity index (χ1n) is 7.42. The highest BCUT2D eigenvalue weighted by molar-refractivity contribution is 7.15. The van der Waals surface area contributed by atoms with E-state index in [1.54, 1.807) is 19.0 Å². The molecule has 0 saturated carbocycles. The fourth-order valence-electron chi connectivity index (χ4n) is 2.28. The number of nitrogens with one attached hydrogen (secondary N) is 1. The van der Waals surface area contributed by atoms with Gasteiger partial charge in [0.05, 0.1) is 13.1 Å². The molecule has 1 aromatic heterocycles. The number of ether oxygens (including phenoxy) is 2. The maximum absolute atomic E-state index is 12.1. The number of anilines is 1. The lowest BCUT2D eigenvalue weighted by Crippen LogP contribution is -2.57. The summed E-state index contributed by atoms with van der Waals surface area (Å²) in [4.78, 5) is 26.4. The van der Waals surface area contributed by atoms with Crippen LogP contribution in [-0.2, 0) is 9.47 Å². The van der Waals surface area contributed by atoms with Crippen molar-refractivity contribution in [3.05, 3.63) is 5.01 Å². The molecule has 2 aliphatic rings. The lowest BCUT2D eigenvalue weighted by Gasteiger charge is -2.38. The number of aromatic nitrogens is 2. The quantitative estimate of drug-likeness (QED) is 0.890. The zero-order chi connectivity index (χ0) is 16.4. The minimum atomic E-state index is -0.402. The Bertz CT molecular complexity index is 581. The molecule has 3 rings (SSSR count). The molecule has 1 aromatic rings. The Morgan fingerprint density at radius 1 is 1.39 bits per heavy atom. The van der Waals surface area contributed by atoms with E-state index in [1.165, 1.54) is 16.2 Å². The first-order chi connectivity index (χ1) is 11.0. The van der Waals surface area contributed by atoms with E-state index in [4.69, 9.17) is 9.47 Å². The van der Waals surface area contributed by atoms with Crippen LogP contribution in [0.5, 0.6) is 0 Å². The number of carbonyl (C=O) groups is 2. The Kier molecular flexibility index (Phi) is 4.62. The van der Waals surface area contributed by atoms with Gasteiger partial charge in [0.25, 0.3) is 0 Å². The molecule has 1 atom stereocenters. The van der Waals surface area contributed by atoms with E-state index in [1.807, 2.05) is 0 Å². The van der Waals surface area contributed by atoms with Crippen molar-refractivity contribution in [1.29, 1.82) is 0 Å². The molecule has 0 aromatic carbocycles. The molecule has 1 unspecified atom stereocenters. The molecule has 3 amide bonds. The van der Waals surface area contributed by atoms with Crippen LogP contribution in [-0.4, -0.2) is 72.0 Å². The molecule has 2 aliphatic heterocycles. The lowest BCUT2D eigenvalue weighted by molar-refractivity contribution is -0.000889. The van der Waals surface area contributed by atoms with Crippen molar-refractivity contribution in [3.8, 4) is 0 Å². The summed E-state index contributed by atoms with van der Waals surface area (Å²) in [7, 11) is 3.24. The number of hydrogen-bond donors (Lipinski definition) is 1. The lowest BCUT2D eigenvalue weighted by atomic mass is 10.2. The summed E-state index contributed by atoms with van der Waals surface area (Å²) in [5.74, 6) is 0. The second-order valence-electron chi connectivity index (χ2n) is 5.68. The van der Waals surface area contributed by atoms with Crippen LogP contribution in [0, 0.1) is 0 Å². The molecule has 23 heavy (non-hydrogen) atoms. The Labute approximate surface area is 137 Å². The fraction of sp³-hybridized carbons (Fsp3) is 0.692. The van der Waals surface area contributed by atoms with Gasteiger partial charge < -0.3 is 19.3 Å². The van der Waals surface area contributed by atoms with Crippen LogP contribution in [0.25, 0.3) is 0 Å². The Hall–Kier alpha value is -1.94. The van der Waals surface area contributed by atoms with Gasteiger partial charge in [-0.1, -0.05) is 11.3 Å². The van der Waals surface area contributed by atoms with Crippen molar-refractivity contribution < 1.29 is 19.1 Å². The van der Waals surface area contributed by atoms with E-state index in [9.17, 15) is 9.59 Å².